The van der Waals surface area contributed by atoms with E-state index in [9.17, 15) is 0 Å². The zero-order valence-electron chi connectivity index (χ0n) is 9.21. The second-order valence-corrected chi connectivity index (χ2v) is 5.93. The fraction of sp³-hybridized carbons (Fsp3) is 1.00. The number of hydrogen-bond donors (Lipinski definition) is 3. The van der Waals surface area contributed by atoms with Gasteiger partial charge in [0.15, 0.2) is 0 Å². The molecule has 0 aromatic rings. The van der Waals surface area contributed by atoms with Crippen LogP contribution in [0.4, 0.5) is 0 Å². The molecule has 15 heavy (non-hydrogen) atoms. The molecule has 2 saturated heterocycles. The van der Waals surface area contributed by atoms with Crippen molar-refractivity contribution in [1.29, 1.82) is 0 Å². The first-order valence-corrected chi connectivity index (χ1v) is 6.70. The number of hydrazine groups is 1. The average Bonchev–Trinajstić information content (AvgIpc) is 2.49. The van der Waals surface area contributed by atoms with Gasteiger partial charge in [0.25, 0.3) is 0 Å². The Morgan fingerprint density at radius 3 is 2.80 bits per heavy atom. The van der Waals surface area contributed by atoms with Crippen molar-refractivity contribution in [2.45, 2.75) is 56.8 Å². The minimum absolute atomic E-state index is 0.584. The summed E-state index contributed by atoms with van der Waals surface area (Å²) in [5.74, 6) is 2.91. The lowest BCUT2D eigenvalue weighted by atomic mass is 9.69. The number of fused-ring (bicyclic) bond motifs is 2. The van der Waals surface area contributed by atoms with Gasteiger partial charge in [-0.1, -0.05) is 19.3 Å². The van der Waals surface area contributed by atoms with Gasteiger partial charge in [-0.3, -0.25) is 10.7 Å². The van der Waals surface area contributed by atoms with Crippen LogP contribution in [-0.2, 0) is 0 Å². The van der Waals surface area contributed by atoms with Gasteiger partial charge in [-0.25, -0.2) is 5.43 Å². The molecule has 0 aromatic carbocycles. The zero-order valence-corrected chi connectivity index (χ0v) is 9.21. The summed E-state index contributed by atoms with van der Waals surface area (Å²) in [5, 5.41) is 3.74. The van der Waals surface area contributed by atoms with E-state index in [-0.39, 0.29) is 0 Å². The van der Waals surface area contributed by atoms with E-state index >= 15 is 0 Å². The molecule has 2 aliphatic carbocycles. The van der Waals surface area contributed by atoms with Crippen molar-refractivity contribution < 1.29 is 0 Å². The molecule has 0 spiro atoms. The molecule has 0 amide bonds. The molecule has 4 aliphatic rings. The van der Waals surface area contributed by atoms with Crippen LogP contribution < -0.4 is 16.2 Å². The van der Waals surface area contributed by atoms with Crippen molar-refractivity contribution in [3.8, 4) is 0 Å². The molecule has 6 atom stereocenters. The Bertz CT molecular complexity index is 268. The van der Waals surface area contributed by atoms with Crippen molar-refractivity contribution in [2.24, 2.45) is 17.8 Å². The Morgan fingerprint density at radius 2 is 1.80 bits per heavy atom. The predicted molar refractivity (Wildman–Crippen MR) is 58.9 cm³/mol. The molecule has 3 heteroatoms. The molecule has 4 fully saturated rings. The van der Waals surface area contributed by atoms with Crippen LogP contribution in [0.25, 0.3) is 0 Å². The summed E-state index contributed by atoms with van der Waals surface area (Å²) >= 11 is 0. The minimum Gasteiger partial charge on any atom is -0.297 e. The summed E-state index contributed by atoms with van der Waals surface area (Å²) < 4.78 is 0. The van der Waals surface area contributed by atoms with Crippen LogP contribution in [0, 0.1) is 17.8 Å². The van der Waals surface area contributed by atoms with Crippen molar-refractivity contribution in [3.05, 3.63) is 0 Å². The largest absolute Gasteiger partial charge is 0.297 e. The van der Waals surface area contributed by atoms with Gasteiger partial charge in [0, 0.05) is 18.0 Å². The molecular weight excluding hydrogens is 186 g/mol. The third-order valence-electron chi connectivity index (χ3n) is 5.34. The summed E-state index contributed by atoms with van der Waals surface area (Å²) in [5.41, 5.74) is 6.88. The molecule has 0 radical (unpaired) electrons. The normalized spacial score (nSPS) is 57.6. The van der Waals surface area contributed by atoms with Crippen LogP contribution >= 0.6 is 0 Å². The van der Waals surface area contributed by atoms with Gasteiger partial charge in [0.05, 0.1) is 6.17 Å². The van der Waals surface area contributed by atoms with Crippen molar-refractivity contribution in [2.75, 3.05) is 0 Å². The van der Waals surface area contributed by atoms with Crippen LogP contribution in [0.3, 0.4) is 0 Å². The highest BCUT2D eigenvalue weighted by atomic mass is 15.5. The van der Waals surface area contributed by atoms with E-state index < -0.39 is 0 Å². The standard InChI is InChI=1S/C12H21N3/c1-2-4-8-7(3-1)5-6-9-10-11(8)13-12(10)15-14-9/h7-15H,1-6H2. The van der Waals surface area contributed by atoms with E-state index in [0.717, 1.165) is 29.8 Å². The Balaban J connectivity index is 1.62. The Morgan fingerprint density at radius 1 is 0.867 bits per heavy atom. The molecule has 2 heterocycles. The zero-order chi connectivity index (χ0) is 9.83. The van der Waals surface area contributed by atoms with Crippen LogP contribution in [-0.4, -0.2) is 18.2 Å². The first kappa shape index (κ1) is 8.97. The SMILES string of the molecule is C1CCC2C(C1)CCC1NNC3NC2C13. The second kappa shape index (κ2) is 3.19. The molecular formula is C12H21N3. The lowest BCUT2D eigenvalue weighted by Gasteiger charge is -2.48. The van der Waals surface area contributed by atoms with Crippen molar-refractivity contribution in [3.63, 3.8) is 0 Å². The summed E-state index contributed by atoms with van der Waals surface area (Å²) in [4.78, 5) is 0. The van der Waals surface area contributed by atoms with Crippen LogP contribution in [0.15, 0.2) is 0 Å². The molecule has 6 unspecified atom stereocenters. The van der Waals surface area contributed by atoms with E-state index in [1.807, 2.05) is 0 Å². The van der Waals surface area contributed by atoms with Gasteiger partial charge in [-0.05, 0) is 31.1 Å². The number of rotatable bonds is 0. The number of hydrogen-bond acceptors (Lipinski definition) is 3. The van der Waals surface area contributed by atoms with Crippen LogP contribution in [0.5, 0.6) is 0 Å². The summed E-state index contributed by atoms with van der Waals surface area (Å²) in [6.07, 6.45) is 9.39. The minimum atomic E-state index is 0.584. The molecule has 3 nitrogen and oxygen atoms in total. The monoisotopic (exact) mass is 207 g/mol. The van der Waals surface area contributed by atoms with E-state index in [2.05, 4.69) is 16.2 Å². The summed E-state index contributed by atoms with van der Waals surface area (Å²) in [6.45, 7) is 0. The summed E-state index contributed by atoms with van der Waals surface area (Å²) in [7, 11) is 0. The molecule has 2 saturated carbocycles. The molecule has 4 rings (SSSR count). The highest BCUT2D eigenvalue weighted by Crippen LogP contribution is 2.46. The van der Waals surface area contributed by atoms with Gasteiger partial charge < -0.3 is 0 Å². The quantitative estimate of drug-likeness (QED) is 0.554. The third kappa shape index (κ3) is 1.17. The van der Waals surface area contributed by atoms with Crippen LogP contribution in [0.1, 0.15) is 38.5 Å². The Hall–Kier alpha value is -0.120. The first-order chi connectivity index (χ1) is 7.43. The topological polar surface area (TPSA) is 36.1 Å². The first-order valence-electron chi connectivity index (χ1n) is 6.70. The lowest BCUT2D eigenvalue weighted by molar-refractivity contribution is 0.0615. The second-order valence-electron chi connectivity index (χ2n) is 5.93. The molecule has 2 aliphatic heterocycles. The Kier molecular flexibility index (Phi) is 1.91. The maximum absolute atomic E-state index is 3.74. The van der Waals surface area contributed by atoms with Gasteiger partial charge in [0.1, 0.15) is 0 Å². The van der Waals surface area contributed by atoms with Gasteiger partial charge >= 0.3 is 0 Å². The van der Waals surface area contributed by atoms with Crippen LogP contribution in [0.2, 0.25) is 0 Å². The summed E-state index contributed by atoms with van der Waals surface area (Å²) in [6, 6.07) is 1.59. The molecule has 0 bridgehead atoms. The highest BCUT2D eigenvalue weighted by molar-refractivity contribution is 5.10. The highest BCUT2D eigenvalue weighted by Gasteiger charge is 2.55. The maximum atomic E-state index is 3.74. The van der Waals surface area contributed by atoms with E-state index in [0.29, 0.717) is 6.17 Å². The molecule has 0 aromatic heterocycles. The smallest absolute Gasteiger partial charge is 0.0765 e. The van der Waals surface area contributed by atoms with E-state index in [4.69, 9.17) is 0 Å². The van der Waals surface area contributed by atoms with Crippen molar-refractivity contribution >= 4 is 0 Å². The Labute approximate surface area is 91.4 Å². The predicted octanol–water partition coefficient (Wildman–Crippen LogP) is 0.977. The third-order valence-corrected chi connectivity index (χ3v) is 5.34. The molecule has 3 N–H and O–H groups in total. The van der Waals surface area contributed by atoms with E-state index in [1.54, 1.807) is 0 Å². The lowest BCUT2D eigenvalue weighted by Crippen LogP contribution is -2.67. The fourth-order valence-electron chi connectivity index (χ4n) is 4.57. The number of nitrogens with one attached hydrogen (secondary N) is 3. The van der Waals surface area contributed by atoms with E-state index in [1.165, 1.54) is 38.5 Å². The maximum Gasteiger partial charge on any atom is 0.0765 e. The van der Waals surface area contributed by atoms with Gasteiger partial charge in [-0.15, -0.1) is 0 Å². The fourth-order valence-corrected chi connectivity index (χ4v) is 4.57. The molecule has 84 valence electrons. The van der Waals surface area contributed by atoms with Gasteiger partial charge in [-0.2, -0.15) is 0 Å². The van der Waals surface area contributed by atoms with Gasteiger partial charge in [0.2, 0.25) is 0 Å². The van der Waals surface area contributed by atoms with Crippen molar-refractivity contribution in [1.82, 2.24) is 16.2 Å². The average molecular weight is 207 g/mol.